The maximum absolute atomic E-state index is 8.75. The van der Waals surface area contributed by atoms with Crippen LogP contribution in [0.2, 0.25) is 0 Å². The van der Waals surface area contributed by atoms with Crippen LogP contribution in [0.25, 0.3) is 0 Å². The Bertz CT molecular complexity index is 270. The summed E-state index contributed by atoms with van der Waals surface area (Å²) >= 11 is 0. The molecular weight excluding hydrogens is 138 g/mol. The smallest absolute Gasteiger partial charge is 0.0636 e. The van der Waals surface area contributed by atoms with Crippen molar-refractivity contribution in [3.8, 4) is 0 Å². The Labute approximate surface area is 65.8 Å². The van der Waals surface area contributed by atoms with Crippen molar-refractivity contribution in [1.82, 2.24) is 0 Å². The fourth-order valence-electron chi connectivity index (χ4n) is 1.72. The quantitative estimate of drug-likeness (QED) is 0.598. The molecule has 2 rings (SSSR count). The molecule has 1 aromatic carbocycles. The molecule has 0 spiro atoms. The molecule has 58 valence electrons. The summed E-state index contributed by atoms with van der Waals surface area (Å²) in [6.45, 7) is 0. The first-order valence-electron chi connectivity index (χ1n) is 3.92. The zero-order valence-electron chi connectivity index (χ0n) is 6.30. The Morgan fingerprint density at radius 1 is 1.27 bits per heavy atom. The first kappa shape index (κ1) is 6.68. The van der Waals surface area contributed by atoms with E-state index in [9.17, 15) is 0 Å². The van der Waals surface area contributed by atoms with E-state index in [1.807, 2.05) is 12.1 Å². The van der Waals surface area contributed by atoms with Crippen LogP contribution in [0.15, 0.2) is 18.2 Å². The maximum Gasteiger partial charge on any atom is 0.0636 e. The lowest BCUT2D eigenvalue weighted by Gasteiger charge is -2.04. The zero-order chi connectivity index (χ0) is 7.68. The first-order valence-corrected chi connectivity index (χ1v) is 3.92. The predicted octanol–water partition coefficient (Wildman–Crippen LogP) is 1.98. The van der Waals surface area contributed by atoms with E-state index >= 15 is 0 Å². The summed E-state index contributed by atoms with van der Waals surface area (Å²) in [6.07, 6.45) is 3.47. The van der Waals surface area contributed by atoms with Crippen molar-refractivity contribution in [3.63, 3.8) is 0 Å². The van der Waals surface area contributed by atoms with Crippen molar-refractivity contribution < 1.29 is 5.21 Å². The number of aryl methyl sites for hydroxylation is 1. The monoisotopic (exact) mass is 149 g/mol. The van der Waals surface area contributed by atoms with Gasteiger partial charge in [-0.15, -0.1) is 0 Å². The van der Waals surface area contributed by atoms with Crippen molar-refractivity contribution >= 4 is 5.69 Å². The van der Waals surface area contributed by atoms with E-state index in [0.717, 1.165) is 18.5 Å². The van der Waals surface area contributed by atoms with Crippen LogP contribution in [0.4, 0.5) is 5.69 Å². The van der Waals surface area contributed by atoms with Gasteiger partial charge < -0.3 is 0 Å². The van der Waals surface area contributed by atoms with Gasteiger partial charge in [-0.2, -0.15) is 0 Å². The largest absolute Gasteiger partial charge is 0.291 e. The fraction of sp³-hybridized carbons (Fsp3) is 0.333. The number of hydrogen-bond acceptors (Lipinski definition) is 2. The van der Waals surface area contributed by atoms with Gasteiger partial charge in [-0.3, -0.25) is 10.7 Å². The van der Waals surface area contributed by atoms with Gasteiger partial charge in [-0.25, -0.2) is 0 Å². The highest BCUT2D eigenvalue weighted by atomic mass is 16.5. The number of anilines is 1. The van der Waals surface area contributed by atoms with E-state index in [1.165, 1.54) is 17.5 Å². The molecule has 1 aliphatic carbocycles. The van der Waals surface area contributed by atoms with Gasteiger partial charge in [0.2, 0.25) is 0 Å². The van der Waals surface area contributed by atoms with Crippen LogP contribution < -0.4 is 5.48 Å². The highest BCUT2D eigenvalue weighted by Gasteiger charge is 2.13. The van der Waals surface area contributed by atoms with Crippen LogP contribution in [0.5, 0.6) is 0 Å². The van der Waals surface area contributed by atoms with E-state index < -0.39 is 0 Å². The van der Waals surface area contributed by atoms with Gasteiger partial charge in [0.05, 0.1) is 5.69 Å². The number of nitrogens with one attached hydrogen (secondary N) is 1. The lowest BCUT2D eigenvalue weighted by molar-refractivity contribution is 0.388. The van der Waals surface area contributed by atoms with Crippen molar-refractivity contribution in [3.05, 3.63) is 29.3 Å². The molecule has 2 nitrogen and oxygen atoms in total. The molecule has 2 heteroatoms. The molecule has 1 aliphatic rings. The van der Waals surface area contributed by atoms with Gasteiger partial charge in [0.1, 0.15) is 0 Å². The summed E-state index contributed by atoms with van der Waals surface area (Å²) < 4.78 is 0. The summed E-state index contributed by atoms with van der Waals surface area (Å²) in [5.41, 5.74) is 5.77. The molecule has 0 fully saturated rings. The van der Waals surface area contributed by atoms with E-state index in [0.29, 0.717) is 0 Å². The molecular formula is C9H11NO. The normalized spacial score (nSPS) is 14.6. The lowest BCUT2D eigenvalue weighted by atomic mass is 10.1. The lowest BCUT2D eigenvalue weighted by Crippen LogP contribution is -1.94. The van der Waals surface area contributed by atoms with Crippen LogP contribution in [0, 0.1) is 0 Å². The van der Waals surface area contributed by atoms with E-state index in [2.05, 4.69) is 11.5 Å². The molecule has 1 aromatic rings. The van der Waals surface area contributed by atoms with E-state index in [4.69, 9.17) is 5.21 Å². The minimum Gasteiger partial charge on any atom is -0.291 e. The summed E-state index contributed by atoms with van der Waals surface area (Å²) in [4.78, 5) is 0. The second kappa shape index (κ2) is 2.55. The first-order chi connectivity index (χ1) is 5.42. The Kier molecular flexibility index (Phi) is 1.55. The average Bonchev–Trinajstić information content (AvgIpc) is 2.50. The van der Waals surface area contributed by atoms with Crippen molar-refractivity contribution in [2.45, 2.75) is 19.3 Å². The molecule has 0 heterocycles. The minimum absolute atomic E-state index is 0.875. The van der Waals surface area contributed by atoms with Gasteiger partial charge in [-0.1, -0.05) is 12.1 Å². The standard InChI is InChI=1S/C9H11NO/c11-10-9-6-2-4-7-3-1-5-8(7)9/h2,4,6,10-11H,1,3,5H2. The third-order valence-electron chi connectivity index (χ3n) is 2.27. The zero-order valence-corrected chi connectivity index (χ0v) is 6.30. The summed E-state index contributed by atoms with van der Waals surface area (Å²) in [6, 6.07) is 6.01. The second-order valence-electron chi connectivity index (χ2n) is 2.91. The third kappa shape index (κ3) is 0.994. The van der Waals surface area contributed by atoms with Crippen LogP contribution in [-0.4, -0.2) is 5.21 Å². The number of fused-ring (bicyclic) bond motifs is 1. The topological polar surface area (TPSA) is 32.3 Å². The number of rotatable bonds is 1. The molecule has 0 saturated heterocycles. The highest BCUT2D eigenvalue weighted by molar-refractivity contribution is 5.54. The van der Waals surface area contributed by atoms with Gasteiger partial charge in [0.15, 0.2) is 0 Å². The van der Waals surface area contributed by atoms with Crippen LogP contribution >= 0.6 is 0 Å². The number of benzene rings is 1. The average molecular weight is 149 g/mol. The molecule has 11 heavy (non-hydrogen) atoms. The molecule has 0 saturated carbocycles. The molecule has 0 amide bonds. The molecule has 0 bridgehead atoms. The minimum atomic E-state index is 0.875. The van der Waals surface area contributed by atoms with Crippen molar-refractivity contribution in [2.75, 3.05) is 5.48 Å². The maximum atomic E-state index is 8.75. The van der Waals surface area contributed by atoms with Gasteiger partial charge in [-0.05, 0) is 36.5 Å². The second-order valence-corrected chi connectivity index (χ2v) is 2.91. The molecule has 0 aliphatic heterocycles. The van der Waals surface area contributed by atoms with E-state index in [-0.39, 0.29) is 0 Å². The summed E-state index contributed by atoms with van der Waals surface area (Å²) in [5.74, 6) is 0. The highest BCUT2D eigenvalue weighted by Crippen LogP contribution is 2.27. The number of hydrogen-bond donors (Lipinski definition) is 2. The van der Waals surface area contributed by atoms with Gasteiger partial charge in [0, 0.05) is 0 Å². The van der Waals surface area contributed by atoms with Gasteiger partial charge in [0.25, 0.3) is 0 Å². The Morgan fingerprint density at radius 3 is 3.00 bits per heavy atom. The fourth-order valence-corrected chi connectivity index (χ4v) is 1.72. The third-order valence-corrected chi connectivity index (χ3v) is 2.27. The summed E-state index contributed by atoms with van der Waals surface area (Å²) in [5, 5.41) is 8.75. The predicted molar refractivity (Wildman–Crippen MR) is 43.9 cm³/mol. The van der Waals surface area contributed by atoms with Crippen LogP contribution in [0.1, 0.15) is 17.5 Å². The Balaban J connectivity index is 2.50. The SMILES string of the molecule is ONc1cccc2c1CCC2. The van der Waals surface area contributed by atoms with Crippen LogP contribution in [-0.2, 0) is 12.8 Å². The molecule has 0 unspecified atom stereocenters. The Morgan fingerprint density at radius 2 is 2.18 bits per heavy atom. The molecule has 0 atom stereocenters. The van der Waals surface area contributed by atoms with Gasteiger partial charge >= 0.3 is 0 Å². The summed E-state index contributed by atoms with van der Waals surface area (Å²) in [7, 11) is 0. The van der Waals surface area contributed by atoms with E-state index in [1.54, 1.807) is 0 Å². The Hall–Kier alpha value is -1.02. The van der Waals surface area contributed by atoms with Crippen LogP contribution in [0.3, 0.4) is 0 Å². The van der Waals surface area contributed by atoms with Crippen molar-refractivity contribution in [1.29, 1.82) is 0 Å². The molecule has 0 radical (unpaired) electrons. The molecule has 2 N–H and O–H groups in total. The molecule has 0 aromatic heterocycles. The van der Waals surface area contributed by atoms with Crippen molar-refractivity contribution in [2.24, 2.45) is 0 Å².